The molecule has 4 nitrogen and oxygen atoms in total. The lowest BCUT2D eigenvalue weighted by atomic mass is 10.2. The molecule has 1 aromatic carbocycles. The summed E-state index contributed by atoms with van der Waals surface area (Å²) in [5.74, 6) is 0. The van der Waals surface area contributed by atoms with Gasteiger partial charge in [-0.3, -0.25) is 0 Å². The van der Waals surface area contributed by atoms with Crippen LogP contribution in [0, 0.1) is 0 Å². The number of methoxy groups -OCH3 is 1. The highest BCUT2D eigenvalue weighted by molar-refractivity contribution is 6.30. The summed E-state index contributed by atoms with van der Waals surface area (Å²) in [5.41, 5.74) is 1.03. The average Bonchev–Trinajstić information content (AvgIpc) is 2.44. The van der Waals surface area contributed by atoms with E-state index in [1.807, 2.05) is 31.2 Å². The lowest BCUT2D eigenvalue weighted by Gasteiger charge is -2.23. The standard InChI is InChI=1S/C15H23ClN2O2/c1-4-8-18(15(19)17-10-12(2)20-3)11-13-6-5-7-14(16)9-13/h5-7,9,12H,4,8,10-11H2,1-3H3,(H,17,19)/t12-/m1/s1. The lowest BCUT2D eigenvalue weighted by Crippen LogP contribution is -2.42. The summed E-state index contributed by atoms with van der Waals surface area (Å²) in [6.07, 6.45) is 0.918. The fourth-order valence-electron chi connectivity index (χ4n) is 1.80. The Morgan fingerprint density at radius 1 is 1.50 bits per heavy atom. The third-order valence-electron chi connectivity index (χ3n) is 2.99. The zero-order valence-corrected chi connectivity index (χ0v) is 13.1. The van der Waals surface area contributed by atoms with Crippen molar-refractivity contribution in [2.75, 3.05) is 20.2 Å². The van der Waals surface area contributed by atoms with Crippen LogP contribution in [-0.2, 0) is 11.3 Å². The Morgan fingerprint density at radius 2 is 2.25 bits per heavy atom. The number of nitrogens with zero attached hydrogens (tertiary/aromatic N) is 1. The van der Waals surface area contributed by atoms with Crippen molar-refractivity contribution in [3.8, 4) is 0 Å². The van der Waals surface area contributed by atoms with Gasteiger partial charge in [-0.1, -0.05) is 30.7 Å². The van der Waals surface area contributed by atoms with Crippen molar-refractivity contribution in [2.24, 2.45) is 0 Å². The van der Waals surface area contributed by atoms with Gasteiger partial charge in [-0.05, 0) is 31.0 Å². The quantitative estimate of drug-likeness (QED) is 0.839. The SMILES string of the molecule is CCCN(Cc1cccc(Cl)c1)C(=O)NC[C@@H](C)OC. The first-order valence-corrected chi connectivity index (χ1v) is 7.24. The summed E-state index contributed by atoms with van der Waals surface area (Å²) < 4.78 is 5.12. The highest BCUT2D eigenvalue weighted by Crippen LogP contribution is 2.13. The number of hydrogen-bond donors (Lipinski definition) is 1. The first kappa shape index (κ1) is 16.8. The summed E-state index contributed by atoms with van der Waals surface area (Å²) in [5, 5.41) is 3.57. The van der Waals surface area contributed by atoms with Gasteiger partial charge in [0.25, 0.3) is 0 Å². The van der Waals surface area contributed by atoms with Gasteiger partial charge in [0, 0.05) is 31.8 Å². The van der Waals surface area contributed by atoms with Gasteiger partial charge in [0.05, 0.1) is 6.10 Å². The molecule has 0 aromatic heterocycles. The van der Waals surface area contributed by atoms with E-state index >= 15 is 0 Å². The van der Waals surface area contributed by atoms with Crippen molar-refractivity contribution in [3.63, 3.8) is 0 Å². The van der Waals surface area contributed by atoms with Gasteiger partial charge in [0.15, 0.2) is 0 Å². The molecule has 0 fully saturated rings. The highest BCUT2D eigenvalue weighted by atomic mass is 35.5. The number of carbonyl (C=O) groups is 1. The van der Waals surface area contributed by atoms with Crippen molar-refractivity contribution < 1.29 is 9.53 Å². The Hall–Kier alpha value is -1.26. The average molecular weight is 299 g/mol. The molecule has 20 heavy (non-hydrogen) atoms. The number of carbonyl (C=O) groups excluding carboxylic acids is 1. The van der Waals surface area contributed by atoms with Crippen molar-refractivity contribution in [1.82, 2.24) is 10.2 Å². The smallest absolute Gasteiger partial charge is 0.317 e. The van der Waals surface area contributed by atoms with Crippen LogP contribution < -0.4 is 5.32 Å². The number of benzene rings is 1. The maximum absolute atomic E-state index is 12.2. The maximum atomic E-state index is 12.2. The molecule has 1 N–H and O–H groups in total. The van der Waals surface area contributed by atoms with Gasteiger partial charge < -0.3 is 15.0 Å². The molecule has 1 aromatic rings. The van der Waals surface area contributed by atoms with Crippen LogP contribution in [0.3, 0.4) is 0 Å². The lowest BCUT2D eigenvalue weighted by molar-refractivity contribution is 0.115. The topological polar surface area (TPSA) is 41.6 Å². The van der Waals surface area contributed by atoms with E-state index < -0.39 is 0 Å². The number of amides is 2. The molecule has 0 aliphatic heterocycles. The van der Waals surface area contributed by atoms with Crippen LogP contribution in [-0.4, -0.2) is 37.2 Å². The van der Waals surface area contributed by atoms with E-state index in [2.05, 4.69) is 12.2 Å². The Morgan fingerprint density at radius 3 is 2.85 bits per heavy atom. The first-order valence-electron chi connectivity index (χ1n) is 6.86. The third-order valence-corrected chi connectivity index (χ3v) is 3.22. The van der Waals surface area contributed by atoms with Crippen LogP contribution in [0.15, 0.2) is 24.3 Å². The van der Waals surface area contributed by atoms with Crippen LogP contribution in [0.2, 0.25) is 5.02 Å². The second-order valence-corrected chi connectivity index (χ2v) is 5.22. The molecule has 0 bridgehead atoms. The maximum Gasteiger partial charge on any atom is 0.317 e. The second-order valence-electron chi connectivity index (χ2n) is 4.78. The normalized spacial score (nSPS) is 12.0. The van der Waals surface area contributed by atoms with Gasteiger partial charge in [-0.25, -0.2) is 4.79 Å². The Balaban J connectivity index is 2.61. The minimum atomic E-state index is -0.0734. The van der Waals surface area contributed by atoms with E-state index in [4.69, 9.17) is 16.3 Å². The molecule has 0 spiro atoms. The zero-order valence-electron chi connectivity index (χ0n) is 12.4. The van der Waals surface area contributed by atoms with Crippen LogP contribution in [0.25, 0.3) is 0 Å². The molecular formula is C15H23ClN2O2. The molecule has 0 aliphatic rings. The highest BCUT2D eigenvalue weighted by Gasteiger charge is 2.13. The molecule has 0 aliphatic carbocycles. The monoisotopic (exact) mass is 298 g/mol. The van der Waals surface area contributed by atoms with Gasteiger partial charge in [-0.2, -0.15) is 0 Å². The van der Waals surface area contributed by atoms with Gasteiger partial charge in [-0.15, -0.1) is 0 Å². The van der Waals surface area contributed by atoms with Crippen molar-refractivity contribution in [2.45, 2.75) is 32.9 Å². The molecule has 0 heterocycles. The van der Waals surface area contributed by atoms with Crippen LogP contribution in [0.5, 0.6) is 0 Å². The molecule has 0 saturated carbocycles. The van der Waals surface area contributed by atoms with Gasteiger partial charge in [0.1, 0.15) is 0 Å². The molecule has 1 rings (SSSR count). The molecule has 112 valence electrons. The molecule has 0 unspecified atom stereocenters. The summed E-state index contributed by atoms with van der Waals surface area (Å²) in [7, 11) is 1.63. The number of nitrogens with one attached hydrogen (secondary N) is 1. The number of hydrogen-bond acceptors (Lipinski definition) is 2. The summed E-state index contributed by atoms with van der Waals surface area (Å²) in [4.78, 5) is 14.0. The molecule has 0 saturated heterocycles. The summed E-state index contributed by atoms with van der Waals surface area (Å²) in [6.45, 7) is 5.74. The zero-order chi connectivity index (χ0) is 15.0. The molecule has 5 heteroatoms. The second kappa shape index (κ2) is 8.82. The van der Waals surface area contributed by atoms with Crippen LogP contribution in [0.4, 0.5) is 4.79 Å². The van der Waals surface area contributed by atoms with Gasteiger partial charge >= 0.3 is 6.03 Å². The van der Waals surface area contributed by atoms with Crippen LogP contribution >= 0.6 is 11.6 Å². The van der Waals surface area contributed by atoms with Crippen molar-refractivity contribution in [1.29, 1.82) is 0 Å². The predicted molar refractivity (Wildman–Crippen MR) is 82.0 cm³/mol. The van der Waals surface area contributed by atoms with E-state index in [1.165, 1.54) is 0 Å². The predicted octanol–water partition coefficient (Wildman–Crippen LogP) is 3.30. The van der Waals surface area contributed by atoms with E-state index in [0.717, 1.165) is 12.0 Å². The van der Waals surface area contributed by atoms with Gasteiger partial charge in [0.2, 0.25) is 0 Å². The number of ether oxygens (including phenoxy) is 1. The van der Waals surface area contributed by atoms with Crippen LogP contribution in [0.1, 0.15) is 25.8 Å². The minimum Gasteiger partial charge on any atom is -0.380 e. The molecule has 2 amide bonds. The Bertz CT molecular complexity index is 426. The molecule has 1 atom stereocenters. The van der Waals surface area contributed by atoms with E-state index in [9.17, 15) is 4.79 Å². The number of rotatable bonds is 7. The largest absolute Gasteiger partial charge is 0.380 e. The van der Waals surface area contributed by atoms with E-state index in [-0.39, 0.29) is 12.1 Å². The fraction of sp³-hybridized carbons (Fsp3) is 0.533. The Kier molecular flexibility index (Phi) is 7.41. The van der Waals surface area contributed by atoms with Crippen molar-refractivity contribution in [3.05, 3.63) is 34.9 Å². The first-order chi connectivity index (χ1) is 9.56. The molecule has 0 radical (unpaired) electrons. The number of urea groups is 1. The Labute approximate surface area is 126 Å². The summed E-state index contributed by atoms with van der Waals surface area (Å²) in [6, 6.07) is 7.51. The number of halogens is 1. The summed E-state index contributed by atoms with van der Waals surface area (Å²) >= 11 is 5.97. The molecular weight excluding hydrogens is 276 g/mol. The van der Waals surface area contributed by atoms with Crippen molar-refractivity contribution >= 4 is 17.6 Å². The van der Waals surface area contributed by atoms with E-state index in [1.54, 1.807) is 12.0 Å². The van der Waals surface area contributed by atoms with E-state index in [0.29, 0.717) is 24.7 Å². The third kappa shape index (κ3) is 5.80. The minimum absolute atomic E-state index is 0.00796. The fourth-order valence-corrected chi connectivity index (χ4v) is 2.02.